The highest BCUT2D eigenvalue weighted by molar-refractivity contribution is 5.76. The van der Waals surface area contributed by atoms with Crippen LogP contribution in [0, 0.1) is 6.92 Å². The van der Waals surface area contributed by atoms with Crippen molar-refractivity contribution in [1.82, 2.24) is 15.0 Å². The van der Waals surface area contributed by atoms with Crippen LogP contribution in [0.2, 0.25) is 0 Å². The van der Waals surface area contributed by atoms with Gasteiger partial charge in [-0.05, 0) is 19.1 Å². The average molecular weight is 199 g/mol. The van der Waals surface area contributed by atoms with Gasteiger partial charge in [0.05, 0.1) is 11.3 Å². The number of rotatable bonds is 2. The number of hydrogen-bond acceptors (Lipinski definition) is 4. The van der Waals surface area contributed by atoms with Crippen LogP contribution in [-0.4, -0.2) is 21.2 Å². The molecule has 4 nitrogen and oxygen atoms in total. The highest BCUT2D eigenvalue weighted by atomic mass is 16.1. The first kappa shape index (κ1) is 9.45. The fraction of sp³-hybridized carbons (Fsp3) is 0.0909. The molecule has 0 aliphatic carbocycles. The summed E-state index contributed by atoms with van der Waals surface area (Å²) in [4.78, 5) is 22.9. The molecule has 0 spiro atoms. The summed E-state index contributed by atoms with van der Waals surface area (Å²) in [5.41, 5.74) is 2.04. The van der Waals surface area contributed by atoms with Crippen molar-refractivity contribution in [2.75, 3.05) is 0 Å². The molecule has 0 bridgehead atoms. The molecule has 2 rings (SSSR count). The van der Waals surface area contributed by atoms with Crippen molar-refractivity contribution in [2.45, 2.75) is 6.92 Å². The molecule has 0 N–H and O–H groups in total. The summed E-state index contributed by atoms with van der Waals surface area (Å²) in [6.45, 7) is 1.78. The lowest BCUT2D eigenvalue weighted by Crippen LogP contribution is -1.96. The summed E-state index contributed by atoms with van der Waals surface area (Å²) in [6, 6.07) is 3.70. The summed E-state index contributed by atoms with van der Waals surface area (Å²) in [7, 11) is 0. The Morgan fingerprint density at radius 3 is 2.80 bits per heavy atom. The molecule has 0 atom stereocenters. The third-order valence-corrected chi connectivity index (χ3v) is 2.06. The van der Waals surface area contributed by atoms with Crippen LogP contribution in [0.1, 0.15) is 16.1 Å². The number of nitrogens with zero attached hydrogens (tertiary/aromatic N) is 3. The van der Waals surface area contributed by atoms with Gasteiger partial charge in [-0.15, -0.1) is 0 Å². The van der Waals surface area contributed by atoms with Gasteiger partial charge in [0.15, 0.2) is 12.1 Å². The summed E-state index contributed by atoms with van der Waals surface area (Å²) in [5, 5.41) is 0. The largest absolute Gasteiger partial charge is 0.298 e. The minimum Gasteiger partial charge on any atom is -0.298 e. The van der Waals surface area contributed by atoms with Gasteiger partial charge >= 0.3 is 0 Å². The summed E-state index contributed by atoms with van der Waals surface area (Å²) in [6.07, 6.45) is 5.66. The molecule has 0 saturated heterocycles. The Kier molecular flexibility index (Phi) is 2.49. The maximum absolute atomic E-state index is 10.6. The van der Waals surface area contributed by atoms with Gasteiger partial charge in [-0.25, -0.2) is 9.97 Å². The summed E-state index contributed by atoms with van der Waals surface area (Å²) in [5.74, 6) is 0.589. The number of aldehydes is 1. The summed E-state index contributed by atoms with van der Waals surface area (Å²) >= 11 is 0. The zero-order valence-corrected chi connectivity index (χ0v) is 8.21. The molecule has 0 aromatic carbocycles. The van der Waals surface area contributed by atoms with Crippen molar-refractivity contribution >= 4 is 6.29 Å². The molecule has 2 heterocycles. The van der Waals surface area contributed by atoms with Gasteiger partial charge in [0.2, 0.25) is 0 Å². The molecule has 2 aromatic heterocycles. The number of hydrogen-bond donors (Lipinski definition) is 0. The van der Waals surface area contributed by atoms with Gasteiger partial charge in [0.25, 0.3) is 0 Å². The van der Waals surface area contributed by atoms with Crippen LogP contribution in [-0.2, 0) is 0 Å². The lowest BCUT2D eigenvalue weighted by Gasteiger charge is -2.01. The second kappa shape index (κ2) is 3.96. The summed E-state index contributed by atoms with van der Waals surface area (Å²) < 4.78 is 0. The van der Waals surface area contributed by atoms with Crippen LogP contribution in [0.25, 0.3) is 11.4 Å². The first-order chi connectivity index (χ1) is 7.31. The van der Waals surface area contributed by atoms with E-state index in [2.05, 4.69) is 15.0 Å². The monoisotopic (exact) mass is 199 g/mol. The molecule has 0 fully saturated rings. The molecule has 74 valence electrons. The average Bonchev–Trinajstić information content (AvgIpc) is 2.30. The van der Waals surface area contributed by atoms with Crippen molar-refractivity contribution in [3.8, 4) is 11.4 Å². The molecule has 0 unspecified atom stereocenters. The molecule has 0 amide bonds. The van der Waals surface area contributed by atoms with Crippen LogP contribution in [0.15, 0.2) is 30.7 Å². The minimum atomic E-state index is 0.516. The van der Waals surface area contributed by atoms with E-state index >= 15 is 0 Å². The number of carbonyl (C=O) groups excluding carboxylic acids is 1. The van der Waals surface area contributed by atoms with Gasteiger partial charge in [0, 0.05) is 24.2 Å². The predicted octanol–water partition coefficient (Wildman–Crippen LogP) is 1.66. The number of carbonyl (C=O) groups is 1. The van der Waals surface area contributed by atoms with Crippen LogP contribution in [0.5, 0.6) is 0 Å². The standard InChI is InChI=1S/C11H9N3O/c1-8-10(7-15)6-13-11(14-8)9-3-2-4-12-5-9/h2-7H,1H3. The molecule has 0 aliphatic rings. The molecule has 0 radical (unpaired) electrons. The SMILES string of the molecule is Cc1nc(-c2cccnc2)ncc1C=O. The van der Waals surface area contributed by atoms with E-state index in [-0.39, 0.29) is 0 Å². The van der Waals surface area contributed by atoms with Gasteiger partial charge in [-0.2, -0.15) is 0 Å². The molecule has 4 heteroatoms. The van der Waals surface area contributed by atoms with Crippen LogP contribution >= 0.6 is 0 Å². The number of pyridine rings is 1. The Hall–Kier alpha value is -2.10. The molecular weight excluding hydrogens is 190 g/mol. The second-order valence-corrected chi connectivity index (χ2v) is 3.09. The fourth-order valence-electron chi connectivity index (χ4n) is 1.23. The maximum Gasteiger partial charge on any atom is 0.160 e. The molecular formula is C11H9N3O. The van der Waals surface area contributed by atoms with Crippen molar-refractivity contribution in [3.05, 3.63) is 42.0 Å². The molecule has 15 heavy (non-hydrogen) atoms. The maximum atomic E-state index is 10.6. The molecule has 0 aliphatic heterocycles. The Balaban J connectivity index is 2.47. The van der Waals surface area contributed by atoms with Crippen molar-refractivity contribution in [1.29, 1.82) is 0 Å². The Labute approximate surface area is 87.0 Å². The number of aromatic nitrogens is 3. The van der Waals surface area contributed by atoms with Gasteiger partial charge in [0.1, 0.15) is 0 Å². The van der Waals surface area contributed by atoms with Crippen molar-refractivity contribution in [2.24, 2.45) is 0 Å². The van der Waals surface area contributed by atoms with E-state index in [1.807, 2.05) is 12.1 Å². The highest BCUT2D eigenvalue weighted by Crippen LogP contribution is 2.13. The zero-order valence-electron chi connectivity index (χ0n) is 8.21. The third-order valence-electron chi connectivity index (χ3n) is 2.06. The van der Waals surface area contributed by atoms with E-state index in [1.165, 1.54) is 6.20 Å². The fourth-order valence-corrected chi connectivity index (χ4v) is 1.23. The third kappa shape index (κ3) is 1.88. The smallest absolute Gasteiger partial charge is 0.160 e. The van der Waals surface area contributed by atoms with Gasteiger partial charge < -0.3 is 0 Å². The van der Waals surface area contributed by atoms with Crippen molar-refractivity contribution < 1.29 is 4.79 Å². The Morgan fingerprint density at radius 2 is 2.20 bits per heavy atom. The normalized spacial score (nSPS) is 9.93. The molecule has 2 aromatic rings. The van der Waals surface area contributed by atoms with Gasteiger partial charge in [-0.3, -0.25) is 9.78 Å². The van der Waals surface area contributed by atoms with E-state index in [0.717, 1.165) is 11.8 Å². The second-order valence-electron chi connectivity index (χ2n) is 3.09. The lowest BCUT2D eigenvalue weighted by atomic mass is 10.2. The van der Waals surface area contributed by atoms with E-state index in [1.54, 1.807) is 19.3 Å². The van der Waals surface area contributed by atoms with Crippen molar-refractivity contribution in [3.63, 3.8) is 0 Å². The van der Waals surface area contributed by atoms with Crippen LogP contribution in [0.4, 0.5) is 0 Å². The lowest BCUT2D eigenvalue weighted by molar-refractivity contribution is 0.112. The first-order valence-electron chi connectivity index (χ1n) is 4.50. The quantitative estimate of drug-likeness (QED) is 0.690. The zero-order chi connectivity index (χ0) is 10.7. The van der Waals surface area contributed by atoms with E-state index < -0.39 is 0 Å². The van der Waals surface area contributed by atoms with E-state index in [9.17, 15) is 4.79 Å². The highest BCUT2D eigenvalue weighted by Gasteiger charge is 2.04. The first-order valence-corrected chi connectivity index (χ1v) is 4.50. The van der Waals surface area contributed by atoms with E-state index in [0.29, 0.717) is 17.1 Å². The predicted molar refractivity (Wildman–Crippen MR) is 55.4 cm³/mol. The number of aryl methyl sites for hydroxylation is 1. The minimum absolute atomic E-state index is 0.516. The van der Waals surface area contributed by atoms with Crippen LogP contribution < -0.4 is 0 Å². The van der Waals surface area contributed by atoms with E-state index in [4.69, 9.17) is 0 Å². The van der Waals surface area contributed by atoms with Gasteiger partial charge in [-0.1, -0.05) is 0 Å². The Morgan fingerprint density at radius 1 is 1.33 bits per heavy atom. The topological polar surface area (TPSA) is 55.7 Å². The Bertz CT molecular complexity index is 482. The molecule has 0 saturated carbocycles. The van der Waals surface area contributed by atoms with Crippen LogP contribution in [0.3, 0.4) is 0 Å².